The summed E-state index contributed by atoms with van der Waals surface area (Å²) in [7, 11) is -2.47. The summed E-state index contributed by atoms with van der Waals surface area (Å²) < 4.78 is 29.2. The van der Waals surface area contributed by atoms with E-state index < -0.39 is 15.6 Å². The van der Waals surface area contributed by atoms with Crippen LogP contribution >= 0.6 is 11.6 Å². The molecule has 2 aromatic rings. The summed E-state index contributed by atoms with van der Waals surface area (Å²) in [5.74, 6) is 0.00178. The lowest BCUT2D eigenvalue weighted by molar-refractivity contribution is -0.284. The lowest BCUT2D eigenvalue weighted by Crippen LogP contribution is -2.52. The van der Waals surface area contributed by atoms with E-state index in [0.29, 0.717) is 28.6 Å². The molecule has 0 aliphatic heterocycles. The zero-order valence-corrected chi connectivity index (χ0v) is 17.6. The summed E-state index contributed by atoms with van der Waals surface area (Å²) in [6.45, 7) is 0.128. The van der Waals surface area contributed by atoms with Crippen LogP contribution in [0.1, 0.15) is 32.1 Å². The Morgan fingerprint density at radius 3 is 2.66 bits per heavy atom. The van der Waals surface area contributed by atoms with Crippen molar-refractivity contribution >= 4 is 44.2 Å². The molecule has 0 atom stereocenters. The third-order valence-corrected chi connectivity index (χ3v) is 6.83. The molecule has 0 unspecified atom stereocenters. The zero-order valence-electron chi connectivity index (χ0n) is 16.0. The molecule has 0 radical (unpaired) electrons. The molecule has 1 aliphatic carbocycles. The molecule has 1 fully saturated rings. The van der Waals surface area contributed by atoms with Crippen molar-refractivity contribution in [2.45, 2.75) is 42.5 Å². The average molecular weight is 442 g/mol. The minimum atomic E-state index is -3.87. The van der Waals surface area contributed by atoms with Crippen LogP contribution in [0.15, 0.2) is 34.3 Å². The Bertz CT molecular complexity index is 1020. The minimum Gasteiger partial charge on any atom is -0.370 e. The first kappa shape index (κ1) is 21.7. The fraction of sp³-hybridized carbons (Fsp3) is 0.444. The first-order chi connectivity index (χ1) is 13.8. The normalized spacial score (nSPS) is 16.6. The van der Waals surface area contributed by atoms with Crippen LogP contribution in [0.25, 0.3) is 10.8 Å². The number of halogens is 1. The fourth-order valence-corrected chi connectivity index (χ4v) is 5.26. The zero-order chi connectivity index (χ0) is 21.1. The molecular weight excluding hydrogens is 418 g/mol. The molecule has 0 bridgehead atoms. The van der Waals surface area contributed by atoms with Gasteiger partial charge in [0.1, 0.15) is 6.61 Å². The minimum absolute atomic E-state index is 0.0588. The predicted octanol–water partition coefficient (Wildman–Crippen LogP) is 2.35. The molecule has 9 nitrogen and oxygen atoms in total. The first-order valence-corrected chi connectivity index (χ1v) is 11.0. The third kappa shape index (κ3) is 4.96. The summed E-state index contributed by atoms with van der Waals surface area (Å²) in [6, 6.07) is 4.56. The Balaban J connectivity index is 2.02. The van der Waals surface area contributed by atoms with Crippen molar-refractivity contribution in [2.75, 3.05) is 13.7 Å². The number of fused-ring (bicyclic) bond motifs is 1. The highest BCUT2D eigenvalue weighted by Crippen LogP contribution is 2.33. The number of guanidine groups is 1. The molecule has 5 N–H and O–H groups in total. The summed E-state index contributed by atoms with van der Waals surface area (Å²) in [5.41, 5.74) is 10.2. The van der Waals surface area contributed by atoms with Crippen molar-refractivity contribution in [3.05, 3.63) is 29.4 Å². The molecule has 29 heavy (non-hydrogen) atoms. The molecule has 0 spiro atoms. The standard InChI is InChI=1S/C18H24ClN5O4S/c1-27-28-11-18(7-3-2-4-8-18)24-29(25,26)12-5-6-13-14(9-12)16(23-17(20)21)22-10-15(13)19/h5-6,9-10,24H,2-4,7-8,11H2,1H3,(H4,20,21,22,23). The van der Waals surface area contributed by atoms with Gasteiger partial charge >= 0.3 is 0 Å². The van der Waals surface area contributed by atoms with E-state index in [-0.39, 0.29) is 23.3 Å². The maximum absolute atomic E-state index is 13.2. The second-order valence-electron chi connectivity index (χ2n) is 7.05. The SMILES string of the molecule is COOCC1(NS(=O)(=O)c2ccc3c(Cl)cnc(N=C(N)N)c3c2)CCCCC1. The highest BCUT2D eigenvalue weighted by atomic mass is 35.5. The monoisotopic (exact) mass is 441 g/mol. The van der Waals surface area contributed by atoms with E-state index >= 15 is 0 Å². The summed E-state index contributed by atoms with van der Waals surface area (Å²) >= 11 is 6.20. The van der Waals surface area contributed by atoms with Crippen LogP contribution in [0, 0.1) is 0 Å². The van der Waals surface area contributed by atoms with Crippen molar-refractivity contribution in [3.63, 3.8) is 0 Å². The Kier molecular flexibility index (Phi) is 6.59. The maximum Gasteiger partial charge on any atom is 0.241 e. The Hall–Kier alpha value is -1.98. The number of benzene rings is 1. The van der Waals surface area contributed by atoms with Gasteiger partial charge in [-0.05, 0) is 25.0 Å². The molecule has 11 heteroatoms. The van der Waals surface area contributed by atoms with Crippen LogP contribution in [0.3, 0.4) is 0 Å². The number of nitrogens with one attached hydrogen (secondary N) is 1. The second-order valence-corrected chi connectivity index (χ2v) is 9.14. The molecule has 0 saturated heterocycles. The van der Waals surface area contributed by atoms with Gasteiger partial charge < -0.3 is 11.5 Å². The maximum atomic E-state index is 13.2. The third-order valence-electron chi connectivity index (χ3n) is 4.95. The summed E-state index contributed by atoms with van der Waals surface area (Å²) in [6.07, 6.45) is 5.60. The number of nitrogens with two attached hydrogens (primary N) is 2. The first-order valence-electron chi connectivity index (χ1n) is 9.14. The number of nitrogens with zero attached hydrogens (tertiary/aromatic N) is 2. The summed E-state index contributed by atoms with van der Waals surface area (Å²) in [4.78, 5) is 18.0. The molecule has 1 aliphatic rings. The summed E-state index contributed by atoms with van der Waals surface area (Å²) in [5, 5.41) is 1.39. The van der Waals surface area contributed by atoms with E-state index in [0.717, 1.165) is 19.3 Å². The van der Waals surface area contributed by atoms with Crippen LogP contribution < -0.4 is 16.2 Å². The number of pyridine rings is 1. The van der Waals surface area contributed by atoms with Crippen molar-refractivity contribution in [1.29, 1.82) is 0 Å². The van der Waals surface area contributed by atoms with E-state index in [4.69, 9.17) is 32.8 Å². The van der Waals surface area contributed by atoms with E-state index in [2.05, 4.69) is 14.7 Å². The van der Waals surface area contributed by atoms with E-state index in [1.165, 1.54) is 25.4 Å². The molecule has 1 aromatic carbocycles. The van der Waals surface area contributed by atoms with Gasteiger partial charge in [-0.25, -0.2) is 27.9 Å². The number of aliphatic imine (C=N–C) groups is 1. The van der Waals surface area contributed by atoms with Gasteiger partial charge in [0.15, 0.2) is 11.8 Å². The van der Waals surface area contributed by atoms with Gasteiger partial charge in [-0.15, -0.1) is 0 Å². The lowest BCUT2D eigenvalue weighted by Gasteiger charge is -2.36. The highest BCUT2D eigenvalue weighted by molar-refractivity contribution is 7.89. The van der Waals surface area contributed by atoms with Crippen LogP contribution in [-0.4, -0.2) is 38.6 Å². The van der Waals surface area contributed by atoms with Gasteiger partial charge in [0.25, 0.3) is 0 Å². The molecule has 1 saturated carbocycles. The number of rotatable bonds is 7. The number of hydrogen-bond acceptors (Lipinski definition) is 6. The van der Waals surface area contributed by atoms with Crippen molar-refractivity contribution in [1.82, 2.24) is 9.71 Å². The average Bonchev–Trinajstić information content (AvgIpc) is 2.68. The number of hydrogen-bond donors (Lipinski definition) is 3. The van der Waals surface area contributed by atoms with Gasteiger partial charge in [0.2, 0.25) is 10.0 Å². The van der Waals surface area contributed by atoms with Crippen LogP contribution in [0.4, 0.5) is 5.82 Å². The number of sulfonamides is 1. The Labute approximate surface area is 174 Å². The molecule has 3 rings (SSSR count). The quantitative estimate of drug-likeness (QED) is 0.259. The van der Waals surface area contributed by atoms with Crippen LogP contribution in [-0.2, 0) is 19.8 Å². The van der Waals surface area contributed by atoms with Gasteiger partial charge in [-0.2, -0.15) is 4.99 Å². The van der Waals surface area contributed by atoms with Crippen molar-refractivity contribution in [3.8, 4) is 0 Å². The Morgan fingerprint density at radius 1 is 1.28 bits per heavy atom. The van der Waals surface area contributed by atoms with Crippen LogP contribution in [0.5, 0.6) is 0 Å². The van der Waals surface area contributed by atoms with E-state index in [9.17, 15) is 8.42 Å². The topological polar surface area (TPSA) is 142 Å². The molecule has 158 valence electrons. The van der Waals surface area contributed by atoms with Crippen molar-refractivity contribution in [2.24, 2.45) is 16.5 Å². The molecule has 0 amide bonds. The van der Waals surface area contributed by atoms with Gasteiger partial charge in [0.05, 0.1) is 22.6 Å². The smallest absolute Gasteiger partial charge is 0.241 e. The Morgan fingerprint density at radius 2 is 2.00 bits per heavy atom. The van der Waals surface area contributed by atoms with E-state index in [1.54, 1.807) is 6.07 Å². The molecular formula is C18H24ClN5O4S. The van der Waals surface area contributed by atoms with Crippen molar-refractivity contribution < 1.29 is 18.2 Å². The highest BCUT2D eigenvalue weighted by Gasteiger charge is 2.37. The number of aromatic nitrogens is 1. The fourth-order valence-electron chi connectivity index (χ4n) is 3.57. The second kappa shape index (κ2) is 8.80. The largest absolute Gasteiger partial charge is 0.370 e. The van der Waals surface area contributed by atoms with E-state index in [1.807, 2.05) is 0 Å². The van der Waals surface area contributed by atoms with Gasteiger partial charge in [-0.1, -0.05) is 36.9 Å². The molecule has 1 aromatic heterocycles. The van der Waals surface area contributed by atoms with Gasteiger partial charge in [-0.3, -0.25) is 0 Å². The van der Waals surface area contributed by atoms with Crippen LogP contribution in [0.2, 0.25) is 5.02 Å². The van der Waals surface area contributed by atoms with Gasteiger partial charge in [0, 0.05) is 17.0 Å². The molecule has 1 heterocycles. The predicted molar refractivity (Wildman–Crippen MR) is 111 cm³/mol. The lowest BCUT2D eigenvalue weighted by atomic mass is 9.83.